The first-order valence-corrected chi connectivity index (χ1v) is 6.13. The number of aromatic nitrogens is 1. The third-order valence-corrected chi connectivity index (χ3v) is 3.29. The van der Waals surface area contributed by atoms with E-state index in [1.54, 1.807) is 6.20 Å². The molecule has 1 aromatic carbocycles. The van der Waals surface area contributed by atoms with Gasteiger partial charge in [-0.15, -0.1) is 11.3 Å². The van der Waals surface area contributed by atoms with Gasteiger partial charge in [0.1, 0.15) is 16.6 Å². The van der Waals surface area contributed by atoms with Crippen LogP contribution in [0.5, 0.6) is 0 Å². The van der Waals surface area contributed by atoms with E-state index in [0.717, 1.165) is 24.0 Å². The molecule has 1 aromatic heterocycles. The molecule has 0 spiro atoms. The van der Waals surface area contributed by atoms with Crippen LogP contribution in [0.4, 0.5) is 8.78 Å². The minimum atomic E-state index is -0.575. The van der Waals surface area contributed by atoms with Crippen LogP contribution in [0, 0.1) is 11.6 Å². The van der Waals surface area contributed by atoms with Crippen molar-refractivity contribution in [2.24, 2.45) is 0 Å². The van der Waals surface area contributed by atoms with Gasteiger partial charge in [0.15, 0.2) is 0 Å². The Kier molecular flexibility index (Phi) is 3.81. The number of nitrogens with one attached hydrogen (secondary N) is 1. The first-order valence-electron chi connectivity index (χ1n) is 5.31. The highest BCUT2D eigenvalue weighted by Crippen LogP contribution is 2.27. The maximum absolute atomic E-state index is 13.5. The molecule has 2 aromatic rings. The van der Waals surface area contributed by atoms with Crippen molar-refractivity contribution in [1.29, 1.82) is 0 Å². The molecule has 0 aliphatic rings. The lowest BCUT2D eigenvalue weighted by Crippen LogP contribution is -2.10. The Morgan fingerprint density at radius 2 is 2.18 bits per heavy atom. The van der Waals surface area contributed by atoms with Crippen molar-refractivity contribution in [3.05, 3.63) is 40.9 Å². The van der Waals surface area contributed by atoms with Crippen molar-refractivity contribution in [2.45, 2.75) is 13.5 Å². The van der Waals surface area contributed by atoms with Crippen LogP contribution in [-0.2, 0) is 6.54 Å². The first-order chi connectivity index (χ1) is 8.20. The van der Waals surface area contributed by atoms with Gasteiger partial charge in [0, 0.05) is 29.2 Å². The molecule has 1 N–H and O–H groups in total. The molecule has 0 saturated carbocycles. The molecule has 0 bridgehead atoms. The molecule has 0 amide bonds. The fourth-order valence-corrected chi connectivity index (χ4v) is 2.33. The number of halogens is 2. The van der Waals surface area contributed by atoms with Crippen molar-refractivity contribution in [3.8, 4) is 10.6 Å². The van der Waals surface area contributed by atoms with Gasteiger partial charge in [0.25, 0.3) is 0 Å². The Labute approximate surface area is 102 Å². The van der Waals surface area contributed by atoms with Gasteiger partial charge >= 0.3 is 0 Å². The quantitative estimate of drug-likeness (QED) is 0.906. The van der Waals surface area contributed by atoms with Gasteiger partial charge in [-0.3, -0.25) is 0 Å². The zero-order valence-electron chi connectivity index (χ0n) is 9.34. The molecular formula is C12H12F2N2S. The Morgan fingerprint density at radius 1 is 1.35 bits per heavy atom. The summed E-state index contributed by atoms with van der Waals surface area (Å²) in [6.07, 6.45) is 1.71. The number of thiazole rings is 1. The summed E-state index contributed by atoms with van der Waals surface area (Å²) < 4.78 is 26.3. The van der Waals surface area contributed by atoms with Crippen molar-refractivity contribution in [1.82, 2.24) is 10.3 Å². The lowest BCUT2D eigenvalue weighted by molar-refractivity contribution is 0.585. The monoisotopic (exact) mass is 254 g/mol. The second kappa shape index (κ2) is 5.33. The minimum absolute atomic E-state index is 0.346. The number of hydrogen-bond donors (Lipinski definition) is 1. The molecule has 0 aliphatic heterocycles. The predicted molar refractivity (Wildman–Crippen MR) is 64.8 cm³/mol. The average molecular weight is 254 g/mol. The standard InChI is InChI=1S/C12H12F2N2S/c1-2-15-6-9-7-16-12(17-9)10-4-3-8(13)5-11(10)14/h3-5,7,15H,2,6H2,1H3. The second-order valence-corrected chi connectivity index (χ2v) is 4.65. The summed E-state index contributed by atoms with van der Waals surface area (Å²) in [6.45, 7) is 3.61. The lowest BCUT2D eigenvalue weighted by atomic mass is 10.2. The normalized spacial score (nSPS) is 10.8. The number of rotatable bonds is 4. The summed E-state index contributed by atoms with van der Waals surface area (Å²) in [6, 6.07) is 3.53. The van der Waals surface area contributed by atoms with Crippen LogP contribution in [0.2, 0.25) is 0 Å². The molecular weight excluding hydrogens is 242 g/mol. The maximum Gasteiger partial charge on any atom is 0.136 e. The Hall–Kier alpha value is -1.33. The number of nitrogens with zero attached hydrogens (tertiary/aromatic N) is 1. The Bertz CT molecular complexity index is 511. The highest BCUT2D eigenvalue weighted by molar-refractivity contribution is 7.15. The predicted octanol–water partition coefficient (Wildman–Crippen LogP) is 3.20. The SMILES string of the molecule is CCNCc1cnc(-c2ccc(F)cc2F)s1. The van der Waals surface area contributed by atoms with E-state index in [4.69, 9.17) is 0 Å². The summed E-state index contributed by atoms with van der Waals surface area (Å²) in [7, 11) is 0. The van der Waals surface area contributed by atoms with E-state index in [2.05, 4.69) is 10.3 Å². The minimum Gasteiger partial charge on any atom is -0.312 e. The van der Waals surface area contributed by atoms with Gasteiger partial charge < -0.3 is 5.32 Å². The third-order valence-electron chi connectivity index (χ3n) is 2.26. The topological polar surface area (TPSA) is 24.9 Å². The summed E-state index contributed by atoms with van der Waals surface area (Å²) in [5.41, 5.74) is 0.346. The van der Waals surface area contributed by atoms with E-state index in [0.29, 0.717) is 10.6 Å². The average Bonchev–Trinajstić information content (AvgIpc) is 2.75. The Morgan fingerprint density at radius 3 is 2.88 bits per heavy atom. The van der Waals surface area contributed by atoms with E-state index in [1.165, 1.54) is 23.5 Å². The lowest BCUT2D eigenvalue weighted by Gasteiger charge is -1.98. The Balaban J connectivity index is 2.24. The molecule has 2 rings (SSSR count). The third kappa shape index (κ3) is 2.87. The van der Waals surface area contributed by atoms with Crippen LogP contribution in [0.3, 0.4) is 0 Å². The van der Waals surface area contributed by atoms with E-state index in [9.17, 15) is 8.78 Å². The molecule has 0 atom stereocenters. The zero-order valence-corrected chi connectivity index (χ0v) is 10.2. The molecule has 1 heterocycles. The van der Waals surface area contributed by atoms with Crippen LogP contribution < -0.4 is 5.32 Å². The number of hydrogen-bond acceptors (Lipinski definition) is 3. The van der Waals surface area contributed by atoms with Gasteiger partial charge in [0.05, 0.1) is 0 Å². The van der Waals surface area contributed by atoms with Crippen molar-refractivity contribution >= 4 is 11.3 Å². The second-order valence-electron chi connectivity index (χ2n) is 3.54. The van der Waals surface area contributed by atoms with Gasteiger partial charge in [-0.2, -0.15) is 0 Å². The van der Waals surface area contributed by atoms with Gasteiger partial charge in [-0.25, -0.2) is 13.8 Å². The molecule has 0 unspecified atom stereocenters. The van der Waals surface area contributed by atoms with Crippen molar-refractivity contribution in [2.75, 3.05) is 6.54 Å². The summed E-state index contributed by atoms with van der Waals surface area (Å²) in [4.78, 5) is 5.18. The van der Waals surface area contributed by atoms with Crippen LogP contribution in [0.1, 0.15) is 11.8 Å². The largest absolute Gasteiger partial charge is 0.312 e. The zero-order chi connectivity index (χ0) is 12.3. The molecule has 5 heteroatoms. The molecule has 0 aliphatic carbocycles. The van der Waals surface area contributed by atoms with Gasteiger partial charge in [0.2, 0.25) is 0 Å². The van der Waals surface area contributed by atoms with Crippen molar-refractivity contribution < 1.29 is 8.78 Å². The van der Waals surface area contributed by atoms with E-state index < -0.39 is 11.6 Å². The summed E-state index contributed by atoms with van der Waals surface area (Å²) in [5.74, 6) is -1.15. The summed E-state index contributed by atoms with van der Waals surface area (Å²) >= 11 is 1.41. The molecule has 90 valence electrons. The molecule has 2 nitrogen and oxygen atoms in total. The molecule has 17 heavy (non-hydrogen) atoms. The van der Waals surface area contributed by atoms with Gasteiger partial charge in [-0.1, -0.05) is 6.92 Å². The van der Waals surface area contributed by atoms with Crippen LogP contribution in [0.25, 0.3) is 10.6 Å². The van der Waals surface area contributed by atoms with Crippen LogP contribution >= 0.6 is 11.3 Å². The summed E-state index contributed by atoms with van der Waals surface area (Å²) in [5, 5.41) is 3.75. The first kappa shape index (κ1) is 12.1. The smallest absolute Gasteiger partial charge is 0.136 e. The fourth-order valence-electron chi connectivity index (χ4n) is 1.42. The maximum atomic E-state index is 13.5. The molecule has 0 radical (unpaired) electrons. The number of benzene rings is 1. The fraction of sp³-hybridized carbons (Fsp3) is 0.250. The van der Waals surface area contributed by atoms with E-state index in [-0.39, 0.29) is 0 Å². The van der Waals surface area contributed by atoms with Crippen molar-refractivity contribution in [3.63, 3.8) is 0 Å². The molecule has 0 saturated heterocycles. The van der Waals surface area contributed by atoms with E-state index in [1.807, 2.05) is 6.92 Å². The van der Waals surface area contributed by atoms with Gasteiger partial charge in [-0.05, 0) is 18.7 Å². The van der Waals surface area contributed by atoms with Crippen LogP contribution in [-0.4, -0.2) is 11.5 Å². The molecule has 0 fully saturated rings. The highest BCUT2D eigenvalue weighted by atomic mass is 32.1. The van der Waals surface area contributed by atoms with E-state index >= 15 is 0 Å². The highest BCUT2D eigenvalue weighted by Gasteiger charge is 2.10. The van der Waals surface area contributed by atoms with Crippen LogP contribution in [0.15, 0.2) is 24.4 Å².